The first-order valence-electron chi connectivity index (χ1n) is 11.5. The van der Waals surface area contributed by atoms with Crippen LogP contribution in [0.4, 0.5) is 5.69 Å². The average molecular weight is 448 g/mol. The highest BCUT2D eigenvalue weighted by atomic mass is 16.3. The first kappa shape index (κ1) is 21.6. The Balaban J connectivity index is 1.66. The lowest BCUT2D eigenvalue weighted by atomic mass is 9.76. The molecule has 2 aromatic rings. The molecule has 172 valence electrons. The second-order valence-electron chi connectivity index (χ2n) is 10.3. The number of rotatable bonds is 3. The molecule has 0 aromatic heterocycles. The van der Waals surface area contributed by atoms with E-state index < -0.39 is 29.0 Å². The first-order valence-corrected chi connectivity index (χ1v) is 11.5. The molecule has 3 amide bonds. The number of imide groups is 1. The fourth-order valence-electron chi connectivity index (χ4n) is 5.91. The summed E-state index contributed by atoms with van der Waals surface area (Å²) in [6.07, 6.45) is 1.20. The highest BCUT2D eigenvalue weighted by molar-refractivity contribution is 6.15. The Hall–Kier alpha value is -3.19. The number of nitrogens with one attached hydrogen (secondary N) is 2. The average Bonchev–Trinajstić information content (AvgIpc) is 3.33. The van der Waals surface area contributed by atoms with Gasteiger partial charge in [0.25, 0.3) is 0 Å². The van der Waals surface area contributed by atoms with Crippen molar-refractivity contribution < 1.29 is 19.5 Å². The molecule has 3 aliphatic heterocycles. The van der Waals surface area contributed by atoms with Crippen molar-refractivity contribution in [3.63, 3.8) is 0 Å². The minimum absolute atomic E-state index is 0.162. The molecular weight excluding hydrogens is 418 g/mol. The zero-order chi connectivity index (χ0) is 23.7. The number of amides is 3. The molecule has 5 rings (SSSR count). The summed E-state index contributed by atoms with van der Waals surface area (Å²) in [5, 5.41) is 16.2. The number of phenols is 1. The molecule has 33 heavy (non-hydrogen) atoms. The van der Waals surface area contributed by atoms with Crippen molar-refractivity contribution in [3.05, 3.63) is 59.2 Å². The Morgan fingerprint density at radius 1 is 1.03 bits per heavy atom. The number of hydrogen-bond donors (Lipinski definition) is 3. The van der Waals surface area contributed by atoms with Crippen LogP contribution >= 0.6 is 0 Å². The van der Waals surface area contributed by atoms with Crippen molar-refractivity contribution >= 4 is 23.4 Å². The second kappa shape index (κ2) is 7.15. The van der Waals surface area contributed by atoms with E-state index in [1.54, 1.807) is 24.3 Å². The molecule has 1 spiro atoms. The summed E-state index contributed by atoms with van der Waals surface area (Å²) in [4.78, 5) is 42.5. The maximum atomic E-state index is 13.8. The van der Waals surface area contributed by atoms with Gasteiger partial charge in [0, 0.05) is 22.8 Å². The van der Waals surface area contributed by atoms with E-state index in [4.69, 9.17) is 0 Å². The zero-order valence-electron chi connectivity index (χ0n) is 19.3. The molecule has 3 aliphatic rings. The van der Waals surface area contributed by atoms with Crippen LogP contribution < -0.4 is 10.6 Å². The standard InChI is InChI=1S/C26H29N3O4/c1-5-15-7-6-8-17-21(15)27-24(33)26(17)20-19(22(31)29(23(20)32)25(2,3)4)18(28-26)13-14-9-11-16(30)12-10-14/h6-12,18-20,28,30H,5,13H2,1-4H3,(H,27,33). The lowest BCUT2D eigenvalue weighted by Crippen LogP contribution is -2.56. The van der Waals surface area contributed by atoms with Gasteiger partial charge in [0.15, 0.2) is 0 Å². The monoisotopic (exact) mass is 447 g/mol. The minimum atomic E-state index is -1.29. The van der Waals surface area contributed by atoms with E-state index in [-0.39, 0.29) is 23.5 Å². The van der Waals surface area contributed by atoms with Crippen molar-refractivity contribution in [2.45, 2.75) is 57.7 Å². The van der Waals surface area contributed by atoms with E-state index in [2.05, 4.69) is 10.6 Å². The molecule has 0 bridgehead atoms. The first-order chi connectivity index (χ1) is 15.6. The van der Waals surface area contributed by atoms with E-state index in [9.17, 15) is 19.5 Å². The van der Waals surface area contributed by atoms with Crippen LogP contribution in [0.25, 0.3) is 0 Å². The minimum Gasteiger partial charge on any atom is -0.508 e. The van der Waals surface area contributed by atoms with Crippen molar-refractivity contribution in [2.24, 2.45) is 11.8 Å². The smallest absolute Gasteiger partial charge is 0.250 e. The van der Waals surface area contributed by atoms with Gasteiger partial charge >= 0.3 is 0 Å². The zero-order valence-corrected chi connectivity index (χ0v) is 19.3. The van der Waals surface area contributed by atoms with Crippen LogP contribution in [0.15, 0.2) is 42.5 Å². The van der Waals surface area contributed by atoms with Gasteiger partial charge in [0.2, 0.25) is 17.7 Å². The van der Waals surface area contributed by atoms with Gasteiger partial charge in [-0.2, -0.15) is 0 Å². The summed E-state index contributed by atoms with van der Waals surface area (Å²) in [7, 11) is 0. The summed E-state index contributed by atoms with van der Waals surface area (Å²) >= 11 is 0. The van der Waals surface area contributed by atoms with Gasteiger partial charge in [-0.15, -0.1) is 0 Å². The van der Waals surface area contributed by atoms with Crippen LogP contribution in [-0.2, 0) is 32.8 Å². The quantitative estimate of drug-likeness (QED) is 0.629. The Labute approximate surface area is 193 Å². The van der Waals surface area contributed by atoms with Crippen molar-refractivity contribution in [1.82, 2.24) is 10.2 Å². The van der Waals surface area contributed by atoms with E-state index in [1.807, 2.05) is 45.9 Å². The molecule has 7 nitrogen and oxygen atoms in total. The molecule has 0 saturated carbocycles. The Morgan fingerprint density at radius 2 is 1.73 bits per heavy atom. The highest BCUT2D eigenvalue weighted by Gasteiger charge is 2.71. The Kier molecular flexibility index (Phi) is 4.69. The van der Waals surface area contributed by atoms with Gasteiger partial charge in [-0.25, -0.2) is 0 Å². The van der Waals surface area contributed by atoms with Crippen molar-refractivity contribution in [3.8, 4) is 5.75 Å². The Bertz CT molecular complexity index is 1170. The molecule has 2 saturated heterocycles. The summed E-state index contributed by atoms with van der Waals surface area (Å²) in [6, 6.07) is 12.2. The van der Waals surface area contributed by atoms with Crippen LogP contribution in [-0.4, -0.2) is 39.3 Å². The van der Waals surface area contributed by atoms with Crippen molar-refractivity contribution in [2.75, 3.05) is 5.32 Å². The molecule has 3 heterocycles. The van der Waals surface area contributed by atoms with Crippen LogP contribution in [0.2, 0.25) is 0 Å². The number of anilines is 1. The number of carbonyl (C=O) groups excluding carboxylic acids is 3. The number of para-hydroxylation sites is 1. The number of phenolic OH excluding ortho intramolecular Hbond substituents is 1. The molecule has 0 aliphatic carbocycles. The van der Waals surface area contributed by atoms with Gasteiger partial charge in [0.1, 0.15) is 11.3 Å². The van der Waals surface area contributed by atoms with Gasteiger partial charge in [-0.05, 0) is 56.9 Å². The predicted molar refractivity (Wildman–Crippen MR) is 123 cm³/mol. The number of hydrogen-bond acceptors (Lipinski definition) is 5. The third kappa shape index (κ3) is 2.95. The SMILES string of the molecule is CCc1cccc2c1NC(=O)C21NC(Cc2ccc(O)cc2)C2C(=O)N(C(C)(C)C)C(=O)C21. The number of fused-ring (bicyclic) bond motifs is 4. The fraction of sp³-hybridized carbons (Fsp3) is 0.423. The van der Waals surface area contributed by atoms with Gasteiger partial charge in [0.05, 0.1) is 11.8 Å². The van der Waals surface area contributed by atoms with E-state index in [0.29, 0.717) is 6.42 Å². The van der Waals surface area contributed by atoms with Gasteiger partial charge in [-0.1, -0.05) is 37.3 Å². The number of carbonyl (C=O) groups is 3. The van der Waals surface area contributed by atoms with E-state index in [0.717, 1.165) is 28.8 Å². The molecule has 0 radical (unpaired) electrons. The molecule has 2 aromatic carbocycles. The lowest BCUT2D eigenvalue weighted by Gasteiger charge is -2.34. The number of likely N-dealkylation sites (tertiary alicyclic amines) is 1. The number of aromatic hydroxyl groups is 1. The summed E-state index contributed by atoms with van der Waals surface area (Å²) in [5.74, 6) is -2.14. The molecular formula is C26H29N3O4. The fourth-order valence-corrected chi connectivity index (χ4v) is 5.91. The van der Waals surface area contributed by atoms with Crippen LogP contribution in [0.5, 0.6) is 5.75 Å². The van der Waals surface area contributed by atoms with E-state index >= 15 is 0 Å². The van der Waals surface area contributed by atoms with Gasteiger partial charge < -0.3 is 10.4 Å². The normalized spacial score (nSPS) is 28.4. The summed E-state index contributed by atoms with van der Waals surface area (Å²) in [5.41, 5.74) is 1.42. The maximum Gasteiger partial charge on any atom is 0.250 e. The number of nitrogens with zero attached hydrogens (tertiary/aromatic N) is 1. The molecule has 2 fully saturated rings. The lowest BCUT2D eigenvalue weighted by molar-refractivity contribution is -0.147. The summed E-state index contributed by atoms with van der Waals surface area (Å²) in [6.45, 7) is 7.56. The van der Waals surface area contributed by atoms with Crippen LogP contribution in [0.1, 0.15) is 44.4 Å². The Morgan fingerprint density at radius 3 is 2.36 bits per heavy atom. The second-order valence-corrected chi connectivity index (χ2v) is 10.3. The number of benzene rings is 2. The third-order valence-electron chi connectivity index (χ3n) is 7.28. The number of aryl methyl sites for hydroxylation is 1. The highest BCUT2D eigenvalue weighted by Crippen LogP contribution is 2.54. The molecule has 7 heteroatoms. The molecule has 3 N–H and O–H groups in total. The third-order valence-corrected chi connectivity index (χ3v) is 7.28. The van der Waals surface area contributed by atoms with E-state index in [1.165, 1.54) is 4.90 Å². The van der Waals surface area contributed by atoms with Crippen molar-refractivity contribution in [1.29, 1.82) is 0 Å². The largest absolute Gasteiger partial charge is 0.508 e. The van der Waals surface area contributed by atoms with Crippen LogP contribution in [0.3, 0.4) is 0 Å². The topological polar surface area (TPSA) is 98.7 Å². The predicted octanol–water partition coefficient (Wildman–Crippen LogP) is 2.72. The molecule has 4 atom stereocenters. The van der Waals surface area contributed by atoms with Gasteiger partial charge in [-0.3, -0.25) is 24.6 Å². The summed E-state index contributed by atoms with van der Waals surface area (Å²) < 4.78 is 0. The van der Waals surface area contributed by atoms with Crippen LogP contribution in [0, 0.1) is 11.8 Å². The molecule has 4 unspecified atom stereocenters. The maximum absolute atomic E-state index is 13.8.